The molecule has 1 N–H and O–H groups in total. The molecule has 0 spiro atoms. The first-order valence-corrected chi connectivity index (χ1v) is 15.7. The van der Waals surface area contributed by atoms with Gasteiger partial charge in [0.15, 0.2) is 5.76 Å². The van der Waals surface area contributed by atoms with Crippen LogP contribution in [-0.2, 0) is 14.3 Å². The van der Waals surface area contributed by atoms with Gasteiger partial charge in [0, 0.05) is 16.4 Å². The molecule has 0 aromatic rings. The van der Waals surface area contributed by atoms with E-state index in [1.54, 1.807) is 6.08 Å². The Kier molecular flexibility index (Phi) is 6.43. The van der Waals surface area contributed by atoms with E-state index in [-0.39, 0.29) is 39.2 Å². The first kappa shape index (κ1) is 28.0. The minimum absolute atomic E-state index is 0.00136. The molecule has 5 heteroatoms. The number of esters is 1. The maximum absolute atomic E-state index is 12.7. The summed E-state index contributed by atoms with van der Waals surface area (Å²) in [5, 5.41) is 10.4. The predicted molar refractivity (Wildman–Crippen MR) is 158 cm³/mol. The van der Waals surface area contributed by atoms with Gasteiger partial charge in [0.1, 0.15) is 0 Å². The lowest BCUT2D eigenvalue weighted by molar-refractivity contribution is -0.173. The quantitative estimate of drug-likeness (QED) is 0.376. The van der Waals surface area contributed by atoms with E-state index in [1.165, 1.54) is 31.3 Å². The molecule has 0 aromatic heterocycles. The molecule has 1 aliphatic heterocycles. The van der Waals surface area contributed by atoms with Crippen LogP contribution in [0.25, 0.3) is 0 Å². The van der Waals surface area contributed by atoms with Crippen LogP contribution in [0.2, 0.25) is 0 Å². The molecule has 5 nitrogen and oxygen atoms in total. The number of likely N-dealkylation sites (tertiary alicyclic amines) is 1. The summed E-state index contributed by atoms with van der Waals surface area (Å²) in [5.74, 6) is 0.103. The lowest BCUT2D eigenvalue weighted by atomic mass is 9.34. The molecule has 0 amide bonds. The Labute approximate surface area is 240 Å². The molecule has 5 aliphatic carbocycles. The van der Waals surface area contributed by atoms with Gasteiger partial charge in [-0.2, -0.15) is 0 Å². The van der Waals surface area contributed by atoms with E-state index in [9.17, 15) is 14.7 Å². The summed E-state index contributed by atoms with van der Waals surface area (Å²) in [4.78, 5) is 27.7. The van der Waals surface area contributed by atoms with Crippen LogP contribution in [0.4, 0.5) is 0 Å². The van der Waals surface area contributed by atoms with Crippen LogP contribution in [-0.4, -0.2) is 48.0 Å². The molecule has 1 saturated heterocycles. The fourth-order valence-electron chi connectivity index (χ4n) is 10.1. The van der Waals surface area contributed by atoms with Crippen LogP contribution in [0.1, 0.15) is 99.3 Å². The minimum Gasteiger partial charge on any atom is -0.504 e. The second kappa shape index (κ2) is 9.18. The molecule has 0 unspecified atom stereocenters. The Bertz CT molecular complexity index is 1270. The maximum atomic E-state index is 12.7. The van der Waals surface area contributed by atoms with Gasteiger partial charge in [-0.3, -0.25) is 14.5 Å². The summed E-state index contributed by atoms with van der Waals surface area (Å²) in [6.45, 7) is 17.1. The third-order valence-electron chi connectivity index (χ3n) is 13.1. The van der Waals surface area contributed by atoms with Gasteiger partial charge in [-0.05, 0) is 117 Å². The number of hydrogen-bond donors (Lipinski definition) is 1. The molecule has 6 atom stereocenters. The Morgan fingerprint density at radius 3 is 2.42 bits per heavy atom. The van der Waals surface area contributed by atoms with Gasteiger partial charge in [-0.15, -0.1) is 0 Å². The van der Waals surface area contributed by atoms with Crippen LogP contribution in [0.3, 0.4) is 0 Å². The van der Waals surface area contributed by atoms with Crippen LogP contribution in [0.15, 0.2) is 46.3 Å². The molecule has 218 valence electrons. The highest BCUT2D eigenvalue weighted by atomic mass is 16.5. The monoisotopic (exact) mass is 547 g/mol. The fourth-order valence-corrected chi connectivity index (χ4v) is 10.1. The number of aliphatic hydroxyl groups is 1. The third-order valence-corrected chi connectivity index (χ3v) is 13.1. The molecule has 0 aromatic carbocycles. The van der Waals surface area contributed by atoms with E-state index < -0.39 is 0 Å². The van der Waals surface area contributed by atoms with Crippen LogP contribution in [0, 0.1) is 33.0 Å². The molecule has 0 bridgehead atoms. The zero-order valence-electron chi connectivity index (χ0n) is 25.6. The number of ketones is 1. The molecular formula is C35H49NO4. The van der Waals surface area contributed by atoms with E-state index in [4.69, 9.17) is 4.74 Å². The first-order valence-electron chi connectivity index (χ1n) is 15.7. The predicted octanol–water partition coefficient (Wildman–Crippen LogP) is 7.25. The van der Waals surface area contributed by atoms with E-state index in [0.717, 1.165) is 56.3 Å². The first-order chi connectivity index (χ1) is 18.7. The summed E-state index contributed by atoms with van der Waals surface area (Å²) in [5.41, 5.74) is 4.52. The highest BCUT2D eigenvalue weighted by molar-refractivity contribution is 6.06. The molecule has 0 radical (unpaired) electrons. The van der Waals surface area contributed by atoms with E-state index in [0.29, 0.717) is 30.1 Å². The van der Waals surface area contributed by atoms with Crippen molar-refractivity contribution in [2.24, 2.45) is 33.0 Å². The average molecular weight is 548 g/mol. The van der Waals surface area contributed by atoms with E-state index >= 15 is 0 Å². The molecule has 3 saturated carbocycles. The molecule has 40 heavy (non-hydrogen) atoms. The normalized spacial score (nSPS) is 43.1. The van der Waals surface area contributed by atoms with Crippen LogP contribution in [0.5, 0.6) is 0 Å². The number of carbonyl (C=O) groups excluding carboxylic acids is 2. The Morgan fingerprint density at radius 1 is 1.00 bits per heavy atom. The summed E-state index contributed by atoms with van der Waals surface area (Å²) < 4.78 is 5.98. The fraction of sp³-hybridized carbons (Fsp3) is 0.714. The Hall–Kier alpha value is -2.14. The third kappa shape index (κ3) is 3.96. The van der Waals surface area contributed by atoms with Gasteiger partial charge >= 0.3 is 5.97 Å². The van der Waals surface area contributed by atoms with Crippen molar-refractivity contribution in [2.75, 3.05) is 26.2 Å². The largest absolute Gasteiger partial charge is 0.504 e. The van der Waals surface area contributed by atoms with E-state index in [1.807, 2.05) is 6.92 Å². The number of allylic oxidation sites excluding steroid dienone is 7. The summed E-state index contributed by atoms with van der Waals surface area (Å²) in [7, 11) is 0. The number of fused-ring (bicyclic) bond motifs is 7. The smallest absolute Gasteiger partial charge is 0.320 e. The second-order valence-electron chi connectivity index (χ2n) is 15.5. The van der Waals surface area contributed by atoms with Crippen molar-refractivity contribution in [1.82, 2.24) is 4.90 Å². The zero-order chi connectivity index (χ0) is 28.7. The number of ether oxygens (including phenoxy) is 1. The standard InChI is InChI=1S/C35H49NO4/c1-23-24-9-10-27-33(4,25(24)19-26(37)30(23)39)14-16-35(6)28-20-31(2,11-12-32(28,3)13-15-34(27,35)5)22-40-29(38)21-36-17-7-8-18-36/h9-10,19,28,39H,7-8,11-18,20-22H2,1-6H3/t28-,31-,32-,33+,34-,35+/m1/s1. The van der Waals surface area contributed by atoms with Crippen LogP contribution >= 0.6 is 0 Å². The van der Waals surface area contributed by atoms with Gasteiger partial charge in [0.2, 0.25) is 5.78 Å². The van der Waals surface area contributed by atoms with Crippen molar-refractivity contribution < 1.29 is 19.4 Å². The van der Waals surface area contributed by atoms with E-state index in [2.05, 4.69) is 51.7 Å². The zero-order valence-corrected chi connectivity index (χ0v) is 25.6. The highest BCUT2D eigenvalue weighted by Gasteiger charge is 2.66. The molecule has 6 rings (SSSR count). The summed E-state index contributed by atoms with van der Waals surface area (Å²) in [6.07, 6.45) is 16.5. The molecule has 4 fully saturated rings. The number of aliphatic hydroxyl groups excluding tert-OH is 1. The van der Waals surface area contributed by atoms with Crippen molar-refractivity contribution in [3.63, 3.8) is 0 Å². The van der Waals surface area contributed by atoms with Crippen molar-refractivity contribution >= 4 is 11.8 Å². The van der Waals surface area contributed by atoms with Gasteiger partial charge < -0.3 is 9.84 Å². The van der Waals surface area contributed by atoms with Gasteiger partial charge in [-0.1, -0.05) is 52.3 Å². The summed E-state index contributed by atoms with van der Waals surface area (Å²) >= 11 is 0. The average Bonchev–Trinajstić information content (AvgIpc) is 3.42. The number of rotatable bonds is 4. The van der Waals surface area contributed by atoms with Crippen molar-refractivity contribution in [3.05, 3.63) is 46.3 Å². The Balaban J connectivity index is 1.29. The van der Waals surface area contributed by atoms with Crippen molar-refractivity contribution in [1.29, 1.82) is 0 Å². The lowest BCUT2D eigenvalue weighted by Gasteiger charge is -2.70. The van der Waals surface area contributed by atoms with Gasteiger partial charge in [0.05, 0.1) is 13.2 Å². The number of hydrogen-bond acceptors (Lipinski definition) is 5. The summed E-state index contributed by atoms with van der Waals surface area (Å²) in [6, 6.07) is 0. The topological polar surface area (TPSA) is 66.8 Å². The maximum Gasteiger partial charge on any atom is 0.320 e. The SMILES string of the molecule is CC1=C(O)C(=O)C=C2C1=CC=C1[C@@]2(C)CC[C@@]2(C)[C@@H]3C[C@](C)(COC(=O)CN4CCCC4)CC[C@]3(C)CC[C@]12C. The molecule has 6 aliphatic rings. The minimum atomic E-state index is -0.260. The van der Waals surface area contributed by atoms with Crippen LogP contribution < -0.4 is 0 Å². The Morgan fingerprint density at radius 2 is 1.70 bits per heavy atom. The van der Waals surface area contributed by atoms with Crippen molar-refractivity contribution in [2.45, 2.75) is 99.3 Å². The molecule has 1 heterocycles. The number of carbonyl (C=O) groups is 2. The van der Waals surface area contributed by atoms with Gasteiger partial charge in [-0.25, -0.2) is 0 Å². The lowest BCUT2D eigenvalue weighted by Crippen LogP contribution is -2.62. The number of nitrogens with zero attached hydrogens (tertiary/aromatic N) is 1. The van der Waals surface area contributed by atoms with Crippen molar-refractivity contribution in [3.8, 4) is 0 Å². The van der Waals surface area contributed by atoms with Gasteiger partial charge in [0.25, 0.3) is 0 Å². The molecular weight excluding hydrogens is 498 g/mol. The highest BCUT2D eigenvalue weighted by Crippen LogP contribution is 2.75. The second-order valence-corrected chi connectivity index (χ2v) is 15.5.